The molecule has 1 aromatic carbocycles. The van der Waals surface area contributed by atoms with Crippen LogP contribution in [0.5, 0.6) is 0 Å². The van der Waals surface area contributed by atoms with Crippen LogP contribution in [0.2, 0.25) is 0 Å². The van der Waals surface area contributed by atoms with Crippen LogP contribution >= 0.6 is 11.3 Å². The third-order valence-electron chi connectivity index (χ3n) is 3.12. The largest absolute Gasteiger partial charge is 0.373 e. The zero-order chi connectivity index (χ0) is 16.0. The Balaban J connectivity index is 2.04. The molecule has 1 aromatic heterocycles. The van der Waals surface area contributed by atoms with Gasteiger partial charge in [-0.25, -0.2) is 13.4 Å². The maximum Gasteiger partial charge on any atom is 0.263 e. The minimum atomic E-state index is -3.58. The normalized spacial score (nSPS) is 11.4. The molecule has 6 nitrogen and oxygen atoms in total. The molecule has 22 heavy (non-hydrogen) atoms. The van der Waals surface area contributed by atoms with E-state index in [1.807, 2.05) is 19.2 Å². The number of aromatic nitrogens is 1. The number of rotatable bonds is 8. The third kappa shape index (κ3) is 4.43. The van der Waals surface area contributed by atoms with Crippen LogP contribution in [0.15, 0.2) is 40.7 Å². The van der Waals surface area contributed by atoms with Crippen LogP contribution in [0.3, 0.4) is 0 Å². The summed E-state index contributed by atoms with van der Waals surface area (Å²) in [6, 6.07) is 6.83. The maximum atomic E-state index is 12.2. The minimum absolute atomic E-state index is 0.228. The molecule has 0 amide bonds. The number of anilines is 2. The van der Waals surface area contributed by atoms with Crippen molar-refractivity contribution < 1.29 is 8.42 Å². The Morgan fingerprint density at radius 1 is 1.27 bits per heavy atom. The molecule has 2 aromatic rings. The topological polar surface area (TPSA) is 74.3 Å². The van der Waals surface area contributed by atoms with E-state index in [2.05, 4.69) is 26.8 Å². The first-order valence-electron chi connectivity index (χ1n) is 6.97. The molecule has 0 aliphatic carbocycles. The Kier molecular flexibility index (Phi) is 5.76. The van der Waals surface area contributed by atoms with Crippen molar-refractivity contribution in [2.24, 2.45) is 0 Å². The van der Waals surface area contributed by atoms with E-state index < -0.39 is 10.0 Å². The predicted molar refractivity (Wildman–Crippen MR) is 91.2 cm³/mol. The van der Waals surface area contributed by atoms with Crippen molar-refractivity contribution in [2.75, 3.05) is 36.3 Å². The summed E-state index contributed by atoms with van der Waals surface area (Å²) in [6.07, 6.45) is 1.56. The van der Waals surface area contributed by atoms with Crippen LogP contribution in [-0.2, 0) is 10.0 Å². The number of sulfonamides is 1. The number of thiazole rings is 1. The molecule has 0 unspecified atom stereocenters. The zero-order valence-corrected chi connectivity index (χ0v) is 14.2. The van der Waals surface area contributed by atoms with Crippen LogP contribution in [-0.4, -0.2) is 40.1 Å². The fourth-order valence-corrected chi connectivity index (χ4v) is 3.67. The lowest BCUT2D eigenvalue weighted by Gasteiger charge is -2.19. The third-order valence-corrected chi connectivity index (χ3v) is 5.29. The van der Waals surface area contributed by atoms with E-state index in [9.17, 15) is 8.42 Å². The van der Waals surface area contributed by atoms with Gasteiger partial charge in [0.15, 0.2) is 5.13 Å². The first-order valence-corrected chi connectivity index (χ1v) is 9.33. The van der Waals surface area contributed by atoms with Gasteiger partial charge in [0.2, 0.25) is 0 Å². The van der Waals surface area contributed by atoms with Crippen molar-refractivity contribution in [3.05, 3.63) is 35.8 Å². The van der Waals surface area contributed by atoms with E-state index in [1.54, 1.807) is 23.7 Å². The number of nitrogens with one attached hydrogen (secondary N) is 2. The highest BCUT2D eigenvalue weighted by Crippen LogP contribution is 2.20. The summed E-state index contributed by atoms with van der Waals surface area (Å²) in [5.41, 5.74) is 0.978. The molecular formula is C14H20N4O2S2. The number of hydrogen-bond donors (Lipinski definition) is 2. The zero-order valence-electron chi connectivity index (χ0n) is 12.6. The van der Waals surface area contributed by atoms with E-state index in [0.29, 0.717) is 5.13 Å². The van der Waals surface area contributed by atoms with Gasteiger partial charge in [0.25, 0.3) is 10.0 Å². The molecule has 120 valence electrons. The average molecular weight is 340 g/mol. The molecule has 0 saturated carbocycles. The lowest BCUT2D eigenvalue weighted by molar-refractivity contribution is 0.601. The number of likely N-dealkylation sites (N-methyl/N-ethyl adjacent to an activating group) is 2. The molecule has 0 aliphatic rings. The van der Waals surface area contributed by atoms with Gasteiger partial charge in [-0.2, -0.15) is 0 Å². The average Bonchev–Trinajstić information content (AvgIpc) is 3.00. The summed E-state index contributed by atoms with van der Waals surface area (Å²) in [4.78, 5) is 6.23. The fraction of sp³-hybridized carbons (Fsp3) is 0.357. The van der Waals surface area contributed by atoms with Crippen molar-refractivity contribution in [1.29, 1.82) is 0 Å². The van der Waals surface area contributed by atoms with Gasteiger partial charge in [-0.3, -0.25) is 4.72 Å². The Morgan fingerprint density at radius 3 is 2.59 bits per heavy atom. The standard InChI is InChI=1S/C14H20N4O2S2/c1-3-15-8-10-18(2)12-4-6-13(7-5-12)22(19,20)17-14-16-9-11-21-14/h4-7,9,11,15H,3,8,10H2,1-2H3,(H,16,17). The Labute approximate surface area is 135 Å². The first kappa shape index (κ1) is 16.7. The second-order valence-electron chi connectivity index (χ2n) is 4.71. The van der Waals surface area contributed by atoms with Crippen LogP contribution in [0.4, 0.5) is 10.8 Å². The smallest absolute Gasteiger partial charge is 0.263 e. The van der Waals surface area contributed by atoms with Gasteiger partial charge >= 0.3 is 0 Å². The van der Waals surface area contributed by atoms with Gasteiger partial charge in [0, 0.05) is 37.4 Å². The molecule has 1 heterocycles. The molecule has 0 aliphatic heterocycles. The summed E-state index contributed by atoms with van der Waals surface area (Å²) >= 11 is 1.25. The lowest BCUT2D eigenvalue weighted by atomic mass is 10.3. The van der Waals surface area contributed by atoms with Gasteiger partial charge in [-0.05, 0) is 30.8 Å². The second kappa shape index (κ2) is 7.57. The van der Waals surface area contributed by atoms with Crippen molar-refractivity contribution in [1.82, 2.24) is 10.3 Å². The molecule has 0 fully saturated rings. The summed E-state index contributed by atoms with van der Waals surface area (Å²) in [6.45, 7) is 4.75. The summed E-state index contributed by atoms with van der Waals surface area (Å²) < 4.78 is 26.9. The maximum absolute atomic E-state index is 12.2. The quantitative estimate of drug-likeness (QED) is 0.719. The van der Waals surface area contributed by atoms with E-state index in [4.69, 9.17) is 0 Å². The van der Waals surface area contributed by atoms with E-state index in [1.165, 1.54) is 11.3 Å². The summed E-state index contributed by atoms with van der Waals surface area (Å²) in [5, 5.41) is 5.35. The molecular weight excluding hydrogens is 320 g/mol. The molecule has 0 spiro atoms. The molecule has 8 heteroatoms. The summed E-state index contributed by atoms with van der Waals surface area (Å²) in [7, 11) is -1.60. The monoisotopic (exact) mass is 340 g/mol. The van der Waals surface area contributed by atoms with Gasteiger partial charge in [0.1, 0.15) is 0 Å². The number of benzene rings is 1. The van der Waals surface area contributed by atoms with Gasteiger partial charge in [-0.1, -0.05) is 6.92 Å². The molecule has 0 saturated heterocycles. The van der Waals surface area contributed by atoms with Crippen LogP contribution in [0, 0.1) is 0 Å². The van der Waals surface area contributed by atoms with Crippen LogP contribution < -0.4 is 14.9 Å². The van der Waals surface area contributed by atoms with E-state index in [0.717, 1.165) is 25.3 Å². The minimum Gasteiger partial charge on any atom is -0.373 e. The summed E-state index contributed by atoms with van der Waals surface area (Å²) in [5.74, 6) is 0. The Hall–Kier alpha value is -1.64. The van der Waals surface area contributed by atoms with Crippen LogP contribution in [0.25, 0.3) is 0 Å². The number of nitrogens with zero attached hydrogens (tertiary/aromatic N) is 2. The van der Waals surface area contributed by atoms with Crippen LogP contribution in [0.1, 0.15) is 6.92 Å². The van der Waals surface area contributed by atoms with Crippen molar-refractivity contribution in [2.45, 2.75) is 11.8 Å². The molecule has 0 bridgehead atoms. The second-order valence-corrected chi connectivity index (χ2v) is 7.29. The first-order chi connectivity index (χ1) is 10.5. The van der Waals surface area contributed by atoms with E-state index in [-0.39, 0.29) is 4.90 Å². The van der Waals surface area contributed by atoms with Crippen molar-refractivity contribution in [3.8, 4) is 0 Å². The molecule has 0 atom stereocenters. The van der Waals surface area contributed by atoms with Crippen molar-refractivity contribution in [3.63, 3.8) is 0 Å². The van der Waals surface area contributed by atoms with Gasteiger partial charge in [-0.15, -0.1) is 11.3 Å². The fourth-order valence-electron chi connectivity index (χ4n) is 1.88. The highest BCUT2D eigenvalue weighted by molar-refractivity contribution is 7.93. The molecule has 0 radical (unpaired) electrons. The van der Waals surface area contributed by atoms with Crippen molar-refractivity contribution >= 4 is 32.2 Å². The van der Waals surface area contributed by atoms with E-state index >= 15 is 0 Å². The van der Waals surface area contributed by atoms with Gasteiger partial charge in [0.05, 0.1) is 4.90 Å². The highest BCUT2D eigenvalue weighted by atomic mass is 32.2. The SMILES string of the molecule is CCNCCN(C)c1ccc(S(=O)(=O)Nc2nccs2)cc1. The predicted octanol–water partition coefficient (Wildman–Crippen LogP) is 1.99. The lowest BCUT2D eigenvalue weighted by Crippen LogP contribution is -2.28. The molecule has 2 N–H and O–H groups in total. The Bertz CT molecular complexity index is 669. The number of hydrogen-bond acceptors (Lipinski definition) is 6. The van der Waals surface area contributed by atoms with Gasteiger partial charge < -0.3 is 10.2 Å². The highest BCUT2D eigenvalue weighted by Gasteiger charge is 2.15. The Morgan fingerprint density at radius 2 is 2.00 bits per heavy atom. The molecule has 2 rings (SSSR count).